The Labute approximate surface area is 182 Å². The van der Waals surface area contributed by atoms with Gasteiger partial charge in [-0.25, -0.2) is 0 Å². The first-order valence-electron chi connectivity index (χ1n) is 9.98. The van der Waals surface area contributed by atoms with Gasteiger partial charge in [-0.3, -0.25) is 9.59 Å². The lowest BCUT2D eigenvalue weighted by atomic mass is 10.00. The van der Waals surface area contributed by atoms with Gasteiger partial charge in [-0.15, -0.1) is 0 Å². The molecular formula is C23H28N2O6. The van der Waals surface area contributed by atoms with E-state index in [1.807, 2.05) is 24.3 Å². The van der Waals surface area contributed by atoms with Crippen LogP contribution in [0.2, 0.25) is 0 Å². The van der Waals surface area contributed by atoms with Crippen LogP contribution in [-0.2, 0) is 16.1 Å². The van der Waals surface area contributed by atoms with E-state index in [-0.39, 0.29) is 18.2 Å². The Bertz CT molecular complexity index is 920. The van der Waals surface area contributed by atoms with E-state index in [0.717, 1.165) is 11.1 Å². The van der Waals surface area contributed by atoms with Crippen molar-refractivity contribution in [3.8, 4) is 17.2 Å². The summed E-state index contributed by atoms with van der Waals surface area (Å²) in [7, 11) is 6.17. The summed E-state index contributed by atoms with van der Waals surface area (Å²) < 4.78 is 21.4. The molecule has 31 heavy (non-hydrogen) atoms. The van der Waals surface area contributed by atoms with Crippen molar-refractivity contribution >= 4 is 11.8 Å². The van der Waals surface area contributed by atoms with Crippen molar-refractivity contribution in [2.75, 3.05) is 41.6 Å². The molecule has 1 atom stereocenters. The highest BCUT2D eigenvalue weighted by atomic mass is 16.5. The molecule has 0 saturated heterocycles. The van der Waals surface area contributed by atoms with Crippen molar-refractivity contribution in [3.63, 3.8) is 0 Å². The van der Waals surface area contributed by atoms with Gasteiger partial charge in [0.1, 0.15) is 0 Å². The van der Waals surface area contributed by atoms with Crippen LogP contribution in [0.1, 0.15) is 33.9 Å². The second-order valence-corrected chi connectivity index (χ2v) is 7.11. The van der Waals surface area contributed by atoms with E-state index in [2.05, 4.69) is 5.32 Å². The van der Waals surface area contributed by atoms with E-state index in [1.165, 1.54) is 21.3 Å². The summed E-state index contributed by atoms with van der Waals surface area (Å²) >= 11 is 0. The van der Waals surface area contributed by atoms with Gasteiger partial charge < -0.3 is 29.2 Å². The highest BCUT2D eigenvalue weighted by molar-refractivity contribution is 5.98. The van der Waals surface area contributed by atoms with Crippen molar-refractivity contribution in [1.29, 1.82) is 0 Å². The maximum Gasteiger partial charge on any atom is 0.255 e. The van der Waals surface area contributed by atoms with Crippen molar-refractivity contribution in [3.05, 3.63) is 53.1 Å². The molecule has 3 rings (SSSR count). The number of hydrogen-bond donors (Lipinski definition) is 1. The maximum atomic E-state index is 13.2. The molecule has 0 fully saturated rings. The molecule has 0 saturated carbocycles. The molecule has 0 bridgehead atoms. The zero-order chi connectivity index (χ0) is 22.4. The maximum absolute atomic E-state index is 13.2. The summed E-state index contributed by atoms with van der Waals surface area (Å²) in [6, 6.07) is 10.5. The standard InChI is InChI=1S/C23H28N2O6/c1-28-10-9-24-21(26)13-18(25-14-15-7-5-6-8-17(15)23(25)27)16-11-19(29-2)22(31-4)20(12-16)30-3/h5-8,11-12,18H,9-10,13-14H2,1-4H3,(H,24,26)/t18-/m0/s1. The van der Waals surface area contributed by atoms with Crippen molar-refractivity contribution in [1.82, 2.24) is 10.2 Å². The van der Waals surface area contributed by atoms with Crippen LogP contribution < -0.4 is 19.5 Å². The largest absolute Gasteiger partial charge is 0.493 e. The fourth-order valence-electron chi connectivity index (χ4n) is 3.77. The SMILES string of the molecule is COCCNC(=O)C[C@@H](c1cc(OC)c(OC)c(OC)c1)N1Cc2ccccc2C1=O. The quantitative estimate of drug-likeness (QED) is 0.586. The molecule has 0 spiro atoms. The molecule has 166 valence electrons. The second-order valence-electron chi connectivity index (χ2n) is 7.11. The molecule has 1 N–H and O–H groups in total. The van der Waals surface area contributed by atoms with Gasteiger partial charge in [0.25, 0.3) is 5.91 Å². The van der Waals surface area contributed by atoms with Crippen LogP contribution in [0.3, 0.4) is 0 Å². The van der Waals surface area contributed by atoms with Crippen LogP contribution in [0.4, 0.5) is 0 Å². The first-order chi connectivity index (χ1) is 15.0. The lowest BCUT2D eigenvalue weighted by Gasteiger charge is -2.29. The molecule has 0 radical (unpaired) electrons. The van der Waals surface area contributed by atoms with Crippen LogP contribution in [0.25, 0.3) is 0 Å². The van der Waals surface area contributed by atoms with Crippen LogP contribution in [-0.4, -0.2) is 58.3 Å². The molecule has 2 aromatic rings. The zero-order valence-electron chi connectivity index (χ0n) is 18.3. The normalized spacial score (nSPS) is 13.5. The van der Waals surface area contributed by atoms with Crippen LogP contribution in [0, 0.1) is 0 Å². The smallest absolute Gasteiger partial charge is 0.255 e. The Balaban J connectivity index is 1.99. The number of ether oxygens (including phenoxy) is 4. The van der Waals surface area contributed by atoms with Gasteiger partial charge >= 0.3 is 0 Å². The number of benzene rings is 2. The Morgan fingerprint density at radius 3 is 2.32 bits per heavy atom. The predicted octanol–water partition coefficient (Wildman–Crippen LogP) is 2.56. The van der Waals surface area contributed by atoms with Gasteiger partial charge in [-0.2, -0.15) is 0 Å². The minimum absolute atomic E-state index is 0.0854. The monoisotopic (exact) mass is 428 g/mol. The lowest BCUT2D eigenvalue weighted by molar-refractivity contribution is -0.122. The van der Waals surface area contributed by atoms with Crippen LogP contribution >= 0.6 is 0 Å². The molecule has 2 aromatic carbocycles. The molecule has 0 aliphatic carbocycles. The minimum atomic E-state index is -0.517. The van der Waals surface area contributed by atoms with Gasteiger partial charge in [-0.05, 0) is 29.3 Å². The summed E-state index contributed by atoms with van der Waals surface area (Å²) in [5.74, 6) is 1.09. The van der Waals surface area contributed by atoms with Gasteiger partial charge in [0, 0.05) is 25.8 Å². The number of carbonyl (C=O) groups is 2. The first-order valence-corrected chi connectivity index (χ1v) is 9.98. The molecule has 0 aromatic heterocycles. The summed E-state index contributed by atoms with van der Waals surface area (Å²) in [6.45, 7) is 1.22. The lowest BCUT2D eigenvalue weighted by Crippen LogP contribution is -2.35. The highest BCUT2D eigenvalue weighted by Gasteiger charge is 2.35. The molecular weight excluding hydrogens is 400 g/mol. The molecule has 8 nitrogen and oxygen atoms in total. The summed E-state index contributed by atoms with van der Waals surface area (Å²) in [5.41, 5.74) is 2.31. The minimum Gasteiger partial charge on any atom is -0.493 e. The number of carbonyl (C=O) groups excluding carboxylic acids is 2. The van der Waals surface area contributed by atoms with E-state index in [1.54, 1.807) is 24.1 Å². The predicted molar refractivity (Wildman–Crippen MR) is 115 cm³/mol. The van der Waals surface area contributed by atoms with Crippen molar-refractivity contribution in [2.45, 2.75) is 19.0 Å². The number of methoxy groups -OCH3 is 4. The van der Waals surface area contributed by atoms with Gasteiger partial charge in [0.2, 0.25) is 11.7 Å². The number of fused-ring (bicyclic) bond motifs is 1. The van der Waals surface area contributed by atoms with E-state index >= 15 is 0 Å². The van der Waals surface area contributed by atoms with Crippen LogP contribution in [0.15, 0.2) is 36.4 Å². The second kappa shape index (κ2) is 10.2. The summed E-state index contributed by atoms with van der Waals surface area (Å²) in [6.07, 6.45) is 0.0854. The number of nitrogens with one attached hydrogen (secondary N) is 1. The molecule has 2 amide bonds. The fraction of sp³-hybridized carbons (Fsp3) is 0.391. The topological polar surface area (TPSA) is 86.3 Å². The third-order valence-electron chi connectivity index (χ3n) is 5.30. The first kappa shape index (κ1) is 22.4. The number of nitrogens with zero attached hydrogens (tertiary/aromatic N) is 1. The summed E-state index contributed by atoms with van der Waals surface area (Å²) in [5, 5.41) is 2.83. The molecule has 0 unspecified atom stereocenters. The van der Waals surface area contributed by atoms with E-state index in [0.29, 0.717) is 42.5 Å². The van der Waals surface area contributed by atoms with Gasteiger partial charge in [0.15, 0.2) is 11.5 Å². The fourth-order valence-corrected chi connectivity index (χ4v) is 3.77. The number of hydrogen-bond acceptors (Lipinski definition) is 6. The Morgan fingerprint density at radius 1 is 1.06 bits per heavy atom. The van der Waals surface area contributed by atoms with E-state index in [9.17, 15) is 9.59 Å². The molecule has 1 heterocycles. The van der Waals surface area contributed by atoms with Crippen molar-refractivity contribution in [2.24, 2.45) is 0 Å². The highest BCUT2D eigenvalue weighted by Crippen LogP contribution is 2.42. The zero-order valence-corrected chi connectivity index (χ0v) is 18.3. The molecule has 1 aliphatic heterocycles. The van der Waals surface area contributed by atoms with Crippen molar-refractivity contribution < 1.29 is 28.5 Å². The van der Waals surface area contributed by atoms with E-state index in [4.69, 9.17) is 18.9 Å². The average molecular weight is 428 g/mol. The van der Waals surface area contributed by atoms with Gasteiger partial charge in [-0.1, -0.05) is 18.2 Å². The van der Waals surface area contributed by atoms with E-state index < -0.39 is 6.04 Å². The number of amides is 2. The summed E-state index contributed by atoms with van der Waals surface area (Å²) in [4.78, 5) is 27.6. The van der Waals surface area contributed by atoms with Crippen LogP contribution in [0.5, 0.6) is 17.2 Å². The third kappa shape index (κ3) is 4.74. The third-order valence-corrected chi connectivity index (χ3v) is 5.30. The molecule has 8 heteroatoms. The Hall–Kier alpha value is -3.26. The molecule has 1 aliphatic rings. The average Bonchev–Trinajstić information content (AvgIpc) is 3.13. The Morgan fingerprint density at radius 2 is 1.74 bits per heavy atom. The Kier molecular flexibility index (Phi) is 7.36. The van der Waals surface area contributed by atoms with Gasteiger partial charge in [0.05, 0.1) is 40.4 Å². The number of rotatable bonds is 10.